The molecule has 2 rings (SSSR count). The molecular weight excluding hydrogens is 291 g/mol. The molecule has 0 radical (unpaired) electrons. The van der Waals surface area contributed by atoms with Crippen LogP contribution in [0, 0.1) is 11.2 Å². The zero-order valence-corrected chi connectivity index (χ0v) is 12.3. The number of nitrogens with two attached hydrogens (primary N) is 1. The molecule has 0 aliphatic carbocycles. The number of rotatable bonds is 3. The van der Waals surface area contributed by atoms with Crippen molar-refractivity contribution in [3.8, 4) is 0 Å². The predicted octanol–water partition coefficient (Wildman–Crippen LogP) is 1.61. The summed E-state index contributed by atoms with van der Waals surface area (Å²) in [6, 6.07) is 5.45. The Morgan fingerprint density at radius 1 is 1.42 bits per heavy atom. The number of halogens is 2. The highest BCUT2D eigenvalue weighted by molar-refractivity contribution is 7.89. The lowest BCUT2D eigenvalue weighted by Crippen LogP contribution is -2.34. The Morgan fingerprint density at radius 3 is 2.58 bits per heavy atom. The third-order valence-corrected chi connectivity index (χ3v) is 5.35. The molecule has 1 unspecified atom stereocenters. The van der Waals surface area contributed by atoms with Gasteiger partial charge in [-0.1, -0.05) is 19.1 Å². The van der Waals surface area contributed by atoms with Crippen LogP contribution in [0.1, 0.15) is 13.3 Å². The average molecular weight is 309 g/mol. The molecule has 4 nitrogen and oxygen atoms in total. The molecule has 1 aromatic rings. The first-order valence-corrected chi connectivity index (χ1v) is 7.28. The SMILES string of the molecule is CC1(CN)CCN(S(=O)(=O)c2ccccc2F)C1.Cl. The zero-order chi connectivity index (χ0) is 13.4. The second-order valence-electron chi connectivity index (χ2n) is 5.03. The van der Waals surface area contributed by atoms with Crippen molar-refractivity contribution in [2.45, 2.75) is 18.2 Å². The molecule has 7 heteroatoms. The lowest BCUT2D eigenvalue weighted by molar-refractivity contribution is 0.349. The van der Waals surface area contributed by atoms with Gasteiger partial charge in [0.15, 0.2) is 0 Å². The first-order chi connectivity index (χ1) is 8.39. The van der Waals surface area contributed by atoms with Crippen LogP contribution in [0.2, 0.25) is 0 Å². The summed E-state index contributed by atoms with van der Waals surface area (Å²) < 4.78 is 39.5. The van der Waals surface area contributed by atoms with Crippen LogP contribution < -0.4 is 5.73 Å². The highest BCUT2D eigenvalue weighted by Crippen LogP contribution is 2.32. The minimum Gasteiger partial charge on any atom is -0.330 e. The van der Waals surface area contributed by atoms with Gasteiger partial charge in [0.1, 0.15) is 10.7 Å². The molecule has 0 amide bonds. The van der Waals surface area contributed by atoms with E-state index in [1.165, 1.54) is 22.5 Å². The van der Waals surface area contributed by atoms with Crippen LogP contribution in [0.3, 0.4) is 0 Å². The number of benzene rings is 1. The highest BCUT2D eigenvalue weighted by Gasteiger charge is 2.39. The van der Waals surface area contributed by atoms with Crippen molar-refractivity contribution >= 4 is 22.4 Å². The van der Waals surface area contributed by atoms with Crippen LogP contribution in [0.4, 0.5) is 4.39 Å². The third kappa shape index (κ3) is 3.08. The molecule has 1 aliphatic rings. The fourth-order valence-corrected chi connectivity index (χ4v) is 3.80. The minimum absolute atomic E-state index is 0. The Balaban J connectivity index is 0.00000180. The van der Waals surface area contributed by atoms with Gasteiger partial charge in [-0.15, -0.1) is 12.4 Å². The summed E-state index contributed by atoms with van der Waals surface area (Å²) in [5, 5.41) is 0. The molecule has 0 aromatic heterocycles. The van der Waals surface area contributed by atoms with Crippen LogP contribution in [0.25, 0.3) is 0 Å². The Bertz CT molecular complexity index is 552. The van der Waals surface area contributed by atoms with Gasteiger partial charge in [0, 0.05) is 13.1 Å². The summed E-state index contributed by atoms with van der Waals surface area (Å²) in [4.78, 5) is -0.258. The first-order valence-electron chi connectivity index (χ1n) is 5.84. The minimum atomic E-state index is -3.75. The van der Waals surface area contributed by atoms with E-state index in [1.54, 1.807) is 0 Å². The van der Waals surface area contributed by atoms with E-state index in [-0.39, 0.29) is 22.7 Å². The molecule has 108 valence electrons. The van der Waals surface area contributed by atoms with E-state index in [9.17, 15) is 12.8 Å². The lowest BCUT2D eigenvalue weighted by Gasteiger charge is -2.22. The van der Waals surface area contributed by atoms with Crippen LogP contribution in [0.5, 0.6) is 0 Å². The summed E-state index contributed by atoms with van der Waals surface area (Å²) in [5.74, 6) is -0.709. The molecule has 1 saturated heterocycles. The highest BCUT2D eigenvalue weighted by atomic mass is 35.5. The fourth-order valence-electron chi connectivity index (χ4n) is 2.14. The Kier molecular flexibility index (Phi) is 4.95. The van der Waals surface area contributed by atoms with E-state index in [0.717, 1.165) is 6.07 Å². The van der Waals surface area contributed by atoms with E-state index < -0.39 is 15.8 Å². The van der Waals surface area contributed by atoms with Gasteiger partial charge in [-0.25, -0.2) is 12.8 Å². The van der Waals surface area contributed by atoms with Crippen molar-refractivity contribution in [2.75, 3.05) is 19.6 Å². The molecule has 2 N–H and O–H groups in total. The summed E-state index contributed by atoms with van der Waals surface area (Å²) in [7, 11) is -3.75. The first kappa shape index (κ1) is 16.4. The second-order valence-corrected chi connectivity index (χ2v) is 6.94. The standard InChI is InChI=1S/C12H17FN2O2S.ClH/c1-12(8-14)6-7-15(9-12)18(16,17)11-5-3-2-4-10(11)13;/h2-5H,6-9,14H2,1H3;1H. The van der Waals surface area contributed by atoms with Crippen molar-refractivity contribution in [1.82, 2.24) is 4.31 Å². The normalized spacial score (nSPS) is 24.2. The van der Waals surface area contributed by atoms with Crippen LogP contribution in [-0.4, -0.2) is 32.4 Å². The molecule has 1 aliphatic heterocycles. The van der Waals surface area contributed by atoms with Gasteiger partial charge in [-0.05, 0) is 30.5 Å². The van der Waals surface area contributed by atoms with Gasteiger partial charge in [-0.2, -0.15) is 4.31 Å². The lowest BCUT2D eigenvalue weighted by atomic mass is 9.90. The Labute approximate surface area is 119 Å². The summed E-state index contributed by atoms with van der Waals surface area (Å²) in [6.07, 6.45) is 0.706. The summed E-state index contributed by atoms with van der Waals surface area (Å²) >= 11 is 0. The summed E-state index contributed by atoms with van der Waals surface area (Å²) in [5.41, 5.74) is 5.44. The van der Waals surface area contributed by atoms with E-state index in [4.69, 9.17) is 5.73 Å². The quantitative estimate of drug-likeness (QED) is 0.922. The predicted molar refractivity (Wildman–Crippen MR) is 74.2 cm³/mol. The van der Waals surface area contributed by atoms with Gasteiger partial charge < -0.3 is 5.73 Å². The van der Waals surface area contributed by atoms with Crippen LogP contribution in [-0.2, 0) is 10.0 Å². The maximum atomic E-state index is 13.6. The summed E-state index contributed by atoms with van der Waals surface area (Å²) in [6.45, 7) is 3.12. The molecule has 0 spiro atoms. The molecule has 1 aromatic carbocycles. The van der Waals surface area contributed by atoms with Crippen molar-refractivity contribution in [1.29, 1.82) is 0 Å². The number of hydrogen-bond acceptors (Lipinski definition) is 3. The zero-order valence-electron chi connectivity index (χ0n) is 10.7. The van der Waals surface area contributed by atoms with Crippen molar-refractivity contribution in [2.24, 2.45) is 11.1 Å². The molecule has 1 atom stereocenters. The Morgan fingerprint density at radius 2 is 2.05 bits per heavy atom. The smallest absolute Gasteiger partial charge is 0.246 e. The van der Waals surface area contributed by atoms with Gasteiger partial charge in [-0.3, -0.25) is 0 Å². The van der Waals surface area contributed by atoms with Gasteiger partial charge in [0.05, 0.1) is 0 Å². The van der Waals surface area contributed by atoms with Crippen molar-refractivity contribution < 1.29 is 12.8 Å². The van der Waals surface area contributed by atoms with Gasteiger partial charge in [0.2, 0.25) is 10.0 Å². The molecule has 0 saturated carbocycles. The van der Waals surface area contributed by atoms with Crippen molar-refractivity contribution in [3.05, 3.63) is 30.1 Å². The molecule has 1 fully saturated rings. The third-order valence-electron chi connectivity index (χ3n) is 3.47. The van der Waals surface area contributed by atoms with Crippen molar-refractivity contribution in [3.63, 3.8) is 0 Å². The van der Waals surface area contributed by atoms with Gasteiger partial charge in [0.25, 0.3) is 0 Å². The van der Waals surface area contributed by atoms with Crippen LogP contribution >= 0.6 is 12.4 Å². The number of sulfonamides is 1. The molecule has 19 heavy (non-hydrogen) atoms. The van der Waals surface area contributed by atoms with E-state index >= 15 is 0 Å². The second kappa shape index (κ2) is 5.75. The molecule has 0 bridgehead atoms. The molecule has 1 heterocycles. The maximum absolute atomic E-state index is 13.6. The number of hydrogen-bond donors (Lipinski definition) is 1. The topological polar surface area (TPSA) is 63.4 Å². The maximum Gasteiger partial charge on any atom is 0.246 e. The molecular formula is C12H18ClFN2O2S. The van der Waals surface area contributed by atoms with E-state index in [2.05, 4.69) is 0 Å². The fraction of sp³-hybridized carbons (Fsp3) is 0.500. The Hall–Kier alpha value is -0.690. The van der Waals surface area contributed by atoms with Gasteiger partial charge >= 0.3 is 0 Å². The average Bonchev–Trinajstić information content (AvgIpc) is 2.74. The van der Waals surface area contributed by atoms with E-state index in [0.29, 0.717) is 26.1 Å². The number of nitrogens with zero attached hydrogens (tertiary/aromatic N) is 1. The monoisotopic (exact) mass is 308 g/mol. The van der Waals surface area contributed by atoms with E-state index in [1.807, 2.05) is 6.92 Å². The van der Waals surface area contributed by atoms with Crippen LogP contribution in [0.15, 0.2) is 29.2 Å². The largest absolute Gasteiger partial charge is 0.330 e.